The SMILES string of the molecule is COC(=O)CCCCCCCn1c(=O)n(-c2cccc(Cl)c2)c2ccccc21. The van der Waals surface area contributed by atoms with Gasteiger partial charge in [-0.15, -0.1) is 0 Å². The first kappa shape index (κ1) is 20.2. The minimum Gasteiger partial charge on any atom is -0.469 e. The maximum absolute atomic E-state index is 13.1. The number of ether oxygens (including phenoxy) is 1. The lowest BCUT2D eigenvalue weighted by atomic mass is 10.1. The number of rotatable bonds is 9. The van der Waals surface area contributed by atoms with E-state index in [-0.39, 0.29) is 11.7 Å². The molecule has 1 aromatic heterocycles. The van der Waals surface area contributed by atoms with E-state index in [2.05, 4.69) is 4.74 Å². The van der Waals surface area contributed by atoms with Crippen molar-refractivity contribution in [3.05, 3.63) is 64.0 Å². The van der Waals surface area contributed by atoms with Crippen LogP contribution in [0.3, 0.4) is 0 Å². The van der Waals surface area contributed by atoms with Crippen molar-refractivity contribution < 1.29 is 9.53 Å². The average molecular weight is 401 g/mol. The maximum atomic E-state index is 13.1. The van der Waals surface area contributed by atoms with Crippen LogP contribution in [-0.4, -0.2) is 22.2 Å². The highest BCUT2D eigenvalue weighted by molar-refractivity contribution is 6.30. The number of hydrogen-bond acceptors (Lipinski definition) is 3. The van der Waals surface area contributed by atoms with Crippen LogP contribution in [0.5, 0.6) is 0 Å². The van der Waals surface area contributed by atoms with Crippen molar-refractivity contribution in [1.29, 1.82) is 0 Å². The number of halogens is 1. The van der Waals surface area contributed by atoms with Crippen LogP contribution < -0.4 is 5.69 Å². The molecule has 0 aliphatic carbocycles. The number of aromatic nitrogens is 2. The number of unbranched alkanes of at least 4 members (excludes halogenated alkanes) is 4. The molecule has 3 aromatic rings. The fraction of sp³-hybridized carbons (Fsp3) is 0.364. The van der Waals surface area contributed by atoms with Crippen LogP contribution in [0.1, 0.15) is 38.5 Å². The highest BCUT2D eigenvalue weighted by atomic mass is 35.5. The zero-order chi connectivity index (χ0) is 19.9. The Morgan fingerprint density at radius 2 is 1.68 bits per heavy atom. The van der Waals surface area contributed by atoms with E-state index in [4.69, 9.17) is 11.6 Å². The molecule has 0 atom stereocenters. The molecule has 0 bridgehead atoms. The van der Waals surface area contributed by atoms with E-state index in [1.807, 2.05) is 41.0 Å². The van der Waals surface area contributed by atoms with Crippen molar-refractivity contribution >= 4 is 28.6 Å². The summed E-state index contributed by atoms with van der Waals surface area (Å²) < 4.78 is 8.21. The van der Waals surface area contributed by atoms with Crippen molar-refractivity contribution in [3.63, 3.8) is 0 Å². The summed E-state index contributed by atoms with van der Waals surface area (Å²) in [4.78, 5) is 24.2. The molecule has 28 heavy (non-hydrogen) atoms. The Morgan fingerprint density at radius 3 is 2.43 bits per heavy atom. The van der Waals surface area contributed by atoms with E-state index in [1.54, 1.807) is 16.7 Å². The molecule has 0 saturated carbocycles. The van der Waals surface area contributed by atoms with Gasteiger partial charge in [0.2, 0.25) is 0 Å². The number of aryl methyl sites for hydroxylation is 1. The Bertz CT molecular complexity index is 1010. The van der Waals surface area contributed by atoms with E-state index in [1.165, 1.54) is 7.11 Å². The molecule has 2 aromatic carbocycles. The molecule has 0 aliphatic rings. The Hall–Kier alpha value is -2.53. The topological polar surface area (TPSA) is 53.2 Å². The predicted molar refractivity (Wildman–Crippen MR) is 112 cm³/mol. The number of fused-ring (bicyclic) bond motifs is 1. The zero-order valence-corrected chi connectivity index (χ0v) is 16.8. The van der Waals surface area contributed by atoms with Crippen molar-refractivity contribution in [1.82, 2.24) is 9.13 Å². The highest BCUT2D eigenvalue weighted by Gasteiger charge is 2.14. The molecule has 0 saturated heterocycles. The van der Waals surface area contributed by atoms with Crippen LogP contribution in [0.25, 0.3) is 16.7 Å². The molecule has 0 spiro atoms. The van der Waals surface area contributed by atoms with Crippen LogP contribution >= 0.6 is 11.6 Å². The van der Waals surface area contributed by atoms with E-state index >= 15 is 0 Å². The van der Waals surface area contributed by atoms with Gasteiger partial charge in [0, 0.05) is 18.0 Å². The molecule has 0 fully saturated rings. The van der Waals surface area contributed by atoms with Crippen LogP contribution in [-0.2, 0) is 16.1 Å². The maximum Gasteiger partial charge on any atom is 0.333 e. The van der Waals surface area contributed by atoms with Gasteiger partial charge in [0.25, 0.3) is 0 Å². The number of hydrogen-bond donors (Lipinski definition) is 0. The van der Waals surface area contributed by atoms with Gasteiger partial charge in [-0.05, 0) is 43.2 Å². The summed E-state index contributed by atoms with van der Waals surface area (Å²) in [5.74, 6) is -0.152. The van der Waals surface area contributed by atoms with Gasteiger partial charge in [0.05, 0.1) is 23.8 Å². The third-order valence-corrected chi connectivity index (χ3v) is 5.13. The van der Waals surface area contributed by atoms with Crippen LogP contribution in [0, 0.1) is 0 Å². The second kappa shape index (κ2) is 9.60. The number of methoxy groups -OCH3 is 1. The Balaban J connectivity index is 1.70. The molecule has 0 N–H and O–H groups in total. The van der Waals surface area contributed by atoms with Gasteiger partial charge in [-0.1, -0.05) is 49.1 Å². The number of para-hydroxylation sites is 2. The second-order valence-corrected chi connectivity index (χ2v) is 7.27. The van der Waals surface area contributed by atoms with E-state index in [0.717, 1.165) is 48.8 Å². The molecule has 1 heterocycles. The lowest BCUT2D eigenvalue weighted by Crippen LogP contribution is -2.23. The fourth-order valence-electron chi connectivity index (χ4n) is 3.46. The number of nitrogens with zero attached hydrogens (tertiary/aromatic N) is 2. The number of esters is 1. The number of carbonyl (C=O) groups excluding carboxylic acids is 1. The second-order valence-electron chi connectivity index (χ2n) is 6.83. The molecule has 6 heteroatoms. The standard InChI is InChI=1S/C22H25ClN2O3/c1-28-21(26)14-5-3-2-4-8-15-24-19-12-6-7-13-20(19)25(22(24)27)18-11-9-10-17(23)16-18/h6-7,9-13,16H,2-5,8,14-15H2,1H3. The van der Waals surface area contributed by atoms with Gasteiger partial charge < -0.3 is 4.74 Å². The van der Waals surface area contributed by atoms with E-state index < -0.39 is 0 Å². The quantitative estimate of drug-likeness (QED) is 0.377. The van der Waals surface area contributed by atoms with Gasteiger partial charge in [-0.25, -0.2) is 4.79 Å². The van der Waals surface area contributed by atoms with Crippen LogP contribution in [0.2, 0.25) is 5.02 Å². The number of carbonyl (C=O) groups is 1. The first-order valence-electron chi connectivity index (χ1n) is 9.65. The summed E-state index contributed by atoms with van der Waals surface area (Å²) in [6, 6.07) is 15.2. The molecule has 0 amide bonds. The van der Waals surface area contributed by atoms with Gasteiger partial charge >= 0.3 is 11.7 Å². The Labute approximate surface area is 169 Å². The van der Waals surface area contributed by atoms with E-state index in [0.29, 0.717) is 18.0 Å². The molecule has 0 radical (unpaired) electrons. The summed E-state index contributed by atoms with van der Waals surface area (Å²) in [7, 11) is 1.42. The molecule has 0 unspecified atom stereocenters. The van der Waals surface area contributed by atoms with Crippen LogP contribution in [0.15, 0.2) is 53.3 Å². The summed E-state index contributed by atoms with van der Waals surface area (Å²) in [5.41, 5.74) is 2.54. The molecular weight excluding hydrogens is 376 g/mol. The van der Waals surface area contributed by atoms with Crippen LogP contribution in [0.4, 0.5) is 0 Å². The van der Waals surface area contributed by atoms with Gasteiger partial charge in [0.1, 0.15) is 0 Å². The van der Waals surface area contributed by atoms with Crippen molar-refractivity contribution in [2.75, 3.05) is 7.11 Å². The average Bonchev–Trinajstić information content (AvgIpc) is 2.98. The van der Waals surface area contributed by atoms with Crippen molar-refractivity contribution in [2.24, 2.45) is 0 Å². The first-order valence-corrected chi connectivity index (χ1v) is 10.0. The van der Waals surface area contributed by atoms with E-state index in [9.17, 15) is 9.59 Å². The number of benzene rings is 2. The third kappa shape index (κ3) is 4.65. The smallest absolute Gasteiger partial charge is 0.333 e. The molecule has 5 nitrogen and oxygen atoms in total. The fourth-order valence-corrected chi connectivity index (χ4v) is 3.65. The Kier molecular flexibility index (Phi) is 6.93. The lowest BCUT2D eigenvalue weighted by molar-refractivity contribution is -0.140. The monoisotopic (exact) mass is 400 g/mol. The molecule has 0 aliphatic heterocycles. The van der Waals surface area contributed by atoms with Gasteiger partial charge in [-0.3, -0.25) is 13.9 Å². The largest absolute Gasteiger partial charge is 0.469 e. The third-order valence-electron chi connectivity index (χ3n) is 4.89. The predicted octanol–water partition coefficient (Wildman–Crippen LogP) is 4.96. The molecule has 148 valence electrons. The molecule has 3 rings (SSSR count). The van der Waals surface area contributed by atoms with Crippen molar-refractivity contribution in [3.8, 4) is 5.69 Å². The van der Waals surface area contributed by atoms with Gasteiger partial charge in [-0.2, -0.15) is 0 Å². The summed E-state index contributed by atoms with van der Waals surface area (Å²) in [6.45, 7) is 0.671. The first-order chi connectivity index (χ1) is 13.6. The zero-order valence-electron chi connectivity index (χ0n) is 16.1. The van der Waals surface area contributed by atoms with Gasteiger partial charge in [0.15, 0.2) is 0 Å². The lowest BCUT2D eigenvalue weighted by Gasteiger charge is -2.04. The minimum atomic E-state index is -0.152. The summed E-state index contributed by atoms with van der Waals surface area (Å²) in [6.07, 6.45) is 5.29. The normalized spacial score (nSPS) is 11.1. The highest BCUT2D eigenvalue weighted by Crippen LogP contribution is 2.20. The summed E-state index contributed by atoms with van der Waals surface area (Å²) >= 11 is 6.13. The van der Waals surface area contributed by atoms with Crippen molar-refractivity contribution in [2.45, 2.75) is 45.1 Å². The minimum absolute atomic E-state index is 0.0471. The number of imidazole rings is 1. The molecular formula is C22H25ClN2O3. The summed E-state index contributed by atoms with van der Waals surface area (Å²) in [5, 5.41) is 0.605. The Morgan fingerprint density at radius 1 is 0.964 bits per heavy atom.